The number of aliphatic carboxylic acids is 1. The Kier molecular flexibility index (Phi) is 5.89. The molecule has 0 amide bonds. The minimum atomic E-state index is -5.08. The molecule has 1 saturated heterocycles. The van der Waals surface area contributed by atoms with Crippen LogP contribution in [0.25, 0.3) is 0 Å². The maximum atomic E-state index is 12.9. The highest BCUT2D eigenvalue weighted by Gasteiger charge is 2.38. The Bertz CT molecular complexity index is 482. The second kappa shape index (κ2) is 7.21. The number of halogens is 4. The topological polar surface area (TPSA) is 79.5 Å². The minimum Gasteiger partial charge on any atom is -0.475 e. The molecule has 0 radical (unpaired) electrons. The molecule has 1 unspecified atom stereocenters. The van der Waals surface area contributed by atoms with Crippen LogP contribution in [-0.2, 0) is 4.79 Å². The van der Waals surface area contributed by atoms with Gasteiger partial charge < -0.3 is 15.7 Å². The summed E-state index contributed by atoms with van der Waals surface area (Å²) in [5.41, 5.74) is 6.68. The van der Waals surface area contributed by atoms with Crippen molar-refractivity contribution in [1.29, 1.82) is 0 Å². The molecule has 0 spiro atoms. The standard InChI is InChI=1S/C10H14FN3.C2HF3O2/c11-8-4-10(6-13-5-8)14-3-1-2-9(12)7-14;3-2(4,5)1(6)7/h4-6,9H,1-3,7,12H2;(H,6,7). The summed E-state index contributed by atoms with van der Waals surface area (Å²) in [6, 6.07) is 1.71. The quantitative estimate of drug-likeness (QED) is 0.773. The van der Waals surface area contributed by atoms with Crippen molar-refractivity contribution in [2.45, 2.75) is 25.1 Å². The van der Waals surface area contributed by atoms with Crippen molar-refractivity contribution in [1.82, 2.24) is 4.98 Å². The summed E-state index contributed by atoms with van der Waals surface area (Å²) in [7, 11) is 0. The van der Waals surface area contributed by atoms with Crippen LogP contribution in [0.2, 0.25) is 0 Å². The lowest BCUT2D eigenvalue weighted by Gasteiger charge is -2.32. The van der Waals surface area contributed by atoms with Gasteiger partial charge in [-0.1, -0.05) is 0 Å². The lowest BCUT2D eigenvalue weighted by Crippen LogP contribution is -2.42. The third kappa shape index (κ3) is 5.94. The number of alkyl halides is 3. The van der Waals surface area contributed by atoms with E-state index < -0.39 is 12.1 Å². The summed E-state index contributed by atoms with van der Waals surface area (Å²) < 4.78 is 44.6. The molecule has 3 N–H and O–H groups in total. The molecule has 5 nitrogen and oxygen atoms in total. The van der Waals surface area contributed by atoms with Crippen molar-refractivity contribution >= 4 is 11.7 Å². The number of rotatable bonds is 1. The molecule has 0 bridgehead atoms. The molecule has 9 heteroatoms. The van der Waals surface area contributed by atoms with Gasteiger partial charge in [0.15, 0.2) is 0 Å². The molecule has 21 heavy (non-hydrogen) atoms. The Morgan fingerprint density at radius 3 is 2.52 bits per heavy atom. The van der Waals surface area contributed by atoms with Gasteiger partial charge in [0.2, 0.25) is 0 Å². The SMILES string of the molecule is NC1CCCN(c2cncc(F)c2)C1.O=C(O)C(F)(F)F. The predicted molar refractivity (Wildman–Crippen MR) is 67.3 cm³/mol. The average molecular weight is 309 g/mol. The number of nitrogens with two attached hydrogens (primary N) is 1. The van der Waals surface area contributed by atoms with Gasteiger partial charge in [-0.15, -0.1) is 0 Å². The van der Waals surface area contributed by atoms with Crippen LogP contribution >= 0.6 is 0 Å². The van der Waals surface area contributed by atoms with Crippen molar-refractivity contribution < 1.29 is 27.5 Å². The number of nitrogens with zero attached hydrogens (tertiary/aromatic N) is 2. The van der Waals surface area contributed by atoms with Gasteiger partial charge in [-0.3, -0.25) is 4.98 Å². The first kappa shape index (κ1) is 17.2. The van der Waals surface area contributed by atoms with Gasteiger partial charge in [0.05, 0.1) is 18.1 Å². The summed E-state index contributed by atoms with van der Waals surface area (Å²) in [6.07, 6.45) is -0.0641. The number of aromatic nitrogens is 1. The van der Waals surface area contributed by atoms with Crippen LogP contribution in [0.15, 0.2) is 18.5 Å². The first-order valence-corrected chi connectivity index (χ1v) is 6.11. The number of pyridine rings is 1. The van der Waals surface area contributed by atoms with E-state index in [1.807, 2.05) is 0 Å². The lowest BCUT2D eigenvalue weighted by molar-refractivity contribution is -0.192. The summed E-state index contributed by atoms with van der Waals surface area (Å²) in [6.45, 7) is 1.74. The maximum absolute atomic E-state index is 12.9. The Balaban J connectivity index is 0.000000270. The third-order valence-corrected chi connectivity index (χ3v) is 2.76. The van der Waals surface area contributed by atoms with Crippen molar-refractivity contribution in [2.75, 3.05) is 18.0 Å². The van der Waals surface area contributed by atoms with Crippen molar-refractivity contribution in [3.05, 3.63) is 24.3 Å². The highest BCUT2D eigenvalue weighted by atomic mass is 19.4. The molecule has 2 heterocycles. The second-order valence-corrected chi connectivity index (χ2v) is 4.51. The molecule has 118 valence electrons. The monoisotopic (exact) mass is 309 g/mol. The fraction of sp³-hybridized carbons (Fsp3) is 0.500. The van der Waals surface area contributed by atoms with Crippen LogP contribution in [0, 0.1) is 5.82 Å². The number of hydrogen-bond donors (Lipinski definition) is 2. The van der Waals surface area contributed by atoms with Crippen molar-refractivity contribution in [3.63, 3.8) is 0 Å². The van der Waals surface area contributed by atoms with Gasteiger partial charge in [0.25, 0.3) is 0 Å². The fourth-order valence-corrected chi connectivity index (χ4v) is 1.82. The van der Waals surface area contributed by atoms with Crippen LogP contribution in [0.4, 0.5) is 23.2 Å². The van der Waals surface area contributed by atoms with E-state index in [1.54, 1.807) is 6.20 Å². The Hall–Kier alpha value is -1.90. The van der Waals surface area contributed by atoms with Gasteiger partial charge in [-0.05, 0) is 12.8 Å². The fourth-order valence-electron chi connectivity index (χ4n) is 1.82. The zero-order valence-corrected chi connectivity index (χ0v) is 11.0. The Morgan fingerprint density at radius 2 is 2.05 bits per heavy atom. The highest BCUT2D eigenvalue weighted by Crippen LogP contribution is 2.18. The molecule has 0 aromatic carbocycles. The van der Waals surface area contributed by atoms with E-state index in [-0.39, 0.29) is 11.9 Å². The number of carboxylic acids is 1. The molecular weight excluding hydrogens is 294 g/mol. The minimum absolute atomic E-state index is 0.201. The van der Waals surface area contributed by atoms with Crippen molar-refractivity contribution in [2.24, 2.45) is 5.73 Å². The molecule has 0 saturated carbocycles. The largest absolute Gasteiger partial charge is 0.490 e. The normalized spacial score (nSPS) is 18.7. The lowest BCUT2D eigenvalue weighted by atomic mass is 10.1. The number of carbonyl (C=O) groups is 1. The first-order chi connectivity index (χ1) is 9.70. The van der Waals surface area contributed by atoms with E-state index in [4.69, 9.17) is 15.6 Å². The number of anilines is 1. The predicted octanol–water partition coefficient (Wildman–Crippen LogP) is 1.78. The summed E-state index contributed by atoms with van der Waals surface area (Å²) in [5.74, 6) is -3.05. The van der Waals surface area contributed by atoms with Crippen LogP contribution < -0.4 is 10.6 Å². The van der Waals surface area contributed by atoms with E-state index in [0.29, 0.717) is 0 Å². The van der Waals surface area contributed by atoms with E-state index in [2.05, 4.69) is 9.88 Å². The number of carboxylic acid groups (broad SMARTS) is 1. The Morgan fingerprint density at radius 1 is 1.43 bits per heavy atom. The number of hydrogen-bond acceptors (Lipinski definition) is 4. The molecule has 1 aliphatic heterocycles. The van der Waals surface area contributed by atoms with E-state index in [9.17, 15) is 17.6 Å². The van der Waals surface area contributed by atoms with Crippen LogP contribution in [0.1, 0.15) is 12.8 Å². The van der Waals surface area contributed by atoms with Crippen LogP contribution in [-0.4, -0.2) is 41.4 Å². The number of piperidine rings is 1. The average Bonchev–Trinajstić information content (AvgIpc) is 2.38. The van der Waals surface area contributed by atoms with Crippen molar-refractivity contribution in [3.8, 4) is 0 Å². The molecule has 1 aromatic heterocycles. The molecule has 1 atom stereocenters. The molecule has 0 aliphatic carbocycles. The van der Waals surface area contributed by atoms with Crippen LogP contribution in [0.3, 0.4) is 0 Å². The molecule has 1 fully saturated rings. The molecule has 1 aliphatic rings. The van der Waals surface area contributed by atoms with Gasteiger partial charge in [-0.2, -0.15) is 13.2 Å². The molecular formula is C12H15F4N3O2. The van der Waals surface area contributed by atoms with Gasteiger partial charge in [0.1, 0.15) is 5.82 Å². The zero-order valence-electron chi connectivity index (χ0n) is 11.0. The molecule has 1 aromatic rings. The van der Waals surface area contributed by atoms with Crippen LogP contribution in [0.5, 0.6) is 0 Å². The summed E-state index contributed by atoms with van der Waals surface area (Å²) >= 11 is 0. The summed E-state index contributed by atoms with van der Waals surface area (Å²) in [4.78, 5) is 14.8. The second-order valence-electron chi connectivity index (χ2n) is 4.51. The third-order valence-electron chi connectivity index (χ3n) is 2.76. The van der Waals surface area contributed by atoms with Gasteiger partial charge in [0, 0.05) is 25.2 Å². The van der Waals surface area contributed by atoms with E-state index >= 15 is 0 Å². The summed E-state index contributed by atoms with van der Waals surface area (Å²) in [5, 5.41) is 7.12. The highest BCUT2D eigenvalue weighted by molar-refractivity contribution is 5.73. The molecule has 2 rings (SSSR count). The first-order valence-electron chi connectivity index (χ1n) is 6.11. The van der Waals surface area contributed by atoms with E-state index in [0.717, 1.165) is 31.6 Å². The van der Waals surface area contributed by atoms with E-state index in [1.165, 1.54) is 12.3 Å². The van der Waals surface area contributed by atoms with Gasteiger partial charge in [-0.25, -0.2) is 9.18 Å². The smallest absolute Gasteiger partial charge is 0.475 e. The Labute approximate surface area is 118 Å². The zero-order chi connectivity index (χ0) is 16.0. The maximum Gasteiger partial charge on any atom is 0.490 e. The van der Waals surface area contributed by atoms with Gasteiger partial charge >= 0.3 is 12.1 Å².